The van der Waals surface area contributed by atoms with Crippen LogP contribution in [0.15, 0.2) is 0 Å². The van der Waals surface area contributed by atoms with E-state index in [2.05, 4.69) is 14.7 Å². The first kappa shape index (κ1) is 11.8. The van der Waals surface area contributed by atoms with E-state index in [0.717, 1.165) is 30.2 Å². The summed E-state index contributed by atoms with van der Waals surface area (Å²) >= 11 is 1.30. The summed E-state index contributed by atoms with van der Waals surface area (Å²) < 4.78 is 27.0. The van der Waals surface area contributed by atoms with Crippen LogP contribution >= 0.6 is 11.5 Å². The van der Waals surface area contributed by atoms with Crippen LogP contribution in [0.5, 0.6) is 0 Å². The lowest BCUT2D eigenvalue weighted by molar-refractivity contribution is 0.562. The molecule has 1 unspecified atom stereocenters. The molecule has 0 spiro atoms. The van der Waals surface area contributed by atoms with E-state index in [4.69, 9.17) is 0 Å². The van der Waals surface area contributed by atoms with Crippen LogP contribution in [0.4, 0.5) is 5.13 Å². The van der Waals surface area contributed by atoms with Crippen LogP contribution in [0.1, 0.15) is 25.6 Å². The lowest BCUT2D eigenvalue weighted by Crippen LogP contribution is -2.34. The Bertz CT molecular complexity index is 455. The zero-order chi connectivity index (χ0) is 11.6. The van der Waals surface area contributed by atoms with Gasteiger partial charge in [-0.05, 0) is 12.8 Å². The number of hydrogen-bond acceptors (Lipinski definition) is 6. The highest BCUT2D eigenvalue weighted by atomic mass is 32.2. The summed E-state index contributed by atoms with van der Waals surface area (Å²) in [6, 6.07) is -0.00333. The monoisotopic (exact) mass is 261 g/mol. The Balaban J connectivity index is 1.99. The average molecular weight is 261 g/mol. The maximum absolute atomic E-state index is 11.4. The first-order chi connectivity index (χ1) is 7.59. The average Bonchev–Trinajstić information content (AvgIpc) is 2.64. The Kier molecular flexibility index (Phi) is 3.44. The van der Waals surface area contributed by atoms with E-state index in [9.17, 15) is 8.42 Å². The van der Waals surface area contributed by atoms with Crippen LogP contribution < -0.4 is 5.32 Å². The third kappa shape index (κ3) is 2.91. The predicted molar refractivity (Wildman–Crippen MR) is 64.6 cm³/mol. The van der Waals surface area contributed by atoms with Gasteiger partial charge in [0.25, 0.3) is 0 Å². The van der Waals surface area contributed by atoms with Gasteiger partial charge in [-0.25, -0.2) is 13.4 Å². The molecule has 1 N–H and O–H groups in total. The first-order valence-corrected chi connectivity index (χ1v) is 7.98. The largest absolute Gasteiger partial charge is 0.357 e. The third-order valence-electron chi connectivity index (χ3n) is 2.57. The fourth-order valence-electron chi connectivity index (χ4n) is 1.77. The molecule has 2 rings (SSSR count). The number of aromatic nitrogens is 2. The fraction of sp³-hybridized carbons (Fsp3) is 0.778. The number of hydrogen-bond donors (Lipinski definition) is 1. The van der Waals surface area contributed by atoms with Gasteiger partial charge < -0.3 is 5.32 Å². The van der Waals surface area contributed by atoms with Gasteiger partial charge in [-0.3, -0.25) is 0 Å². The van der Waals surface area contributed by atoms with Crippen molar-refractivity contribution in [3.63, 3.8) is 0 Å². The number of nitrogens with one attached hydrogen (secondary N) is 1. The number of nitrogens with zero attached hydrogens (tertiary/aromatic N) is 2. The van der Waals surface area contributed by atoms with Gasteiger partial charge >= 0.3 is 0 Å². The van der Waals surface area contributed by atoms with Crippen LogP contribution in [0.3, 0.4) is 0 Å². The van der Waals surface area contributed by atoms with Gasteiger partial charge in [0.2, 0.25) is 5.13 Å². The SMILES string of the molecule is CCc1nsc(NC2CCCS(=O)(=O)C2)n1. The molecule has 0 amide bonds. The van der Waals surface area contributed by atoms with Crippen LogP contribution in [0.2, 0.25) is 0 Å². The van der Waals surface area contributed by atoms with E-state index in [1.807, 2.05) is 6.92 Å². The molecule has 1 aromatic heterocycles. The van der Waals surface area contributed by atoms with E-state index in [1.165, 1.54) is 11.5 Å². The first-order valence-electron chi connectivity index (χ1n) is 5.38. The molecule has 7 heteroatoms. The molecule has 0 aliphatic carbocycles. The second kappa shape index (κ2) is 4.67. The van der Waals surface area contributed by atoms with E-state index in [-0.39, 0.29) is 11.8 Å². The van der Waals surface area contributed by atoms with Crippen molar-refractivity contribution in [2.24, 2.45) is 0 Å². The van der Waals surface area contributed by atoms with Gasteiger partial charge in [0.05, 0.1) is 11.5 Å². The molecule has 1 fully saturated rings. The minimum absolute atomic E-state index is 0.00333. The van der Waals surface area contributed by atoms with E-state index >= 15 is 0 Å². The molecule has 0 aromatic carbocycles. The summed E-state index contributed by atoms with van der Waals surface area (Å²) in [6.45, 7) is 2.00. The molecule has 1 aromatic rings. The van der Waals surface area contributed by atoms with Gasteiger partial charge in [-0.1, -0.05) is 6.92 Å². The second-order valence-corrected chi connectivity index (χ2v) is 6.95. The Morgan fingerprint density at radius 1 is 1.56 bits per heavy atom. The summed E-state index contributed by atoms with van der Waals surface area (Å²) in [7, 11) is -2.86. The quantitative estimate of drug-likeness (QED) is 0.882. The maximum Gasteiger partial charge on any atom is 0.202 e. The van der Waals surface area contributed by atoms with Gasteiger partial charge in [-0.15, -0.1) is 0 Å². The van der Waals surface area contributed by atoms with Gasteiger partial charge in [0.15, 0.2) is 9.84 Å². The topological polar surface area (TPSA) is 72.0 Å². The fourth-order valence-corrected chi connectivity index (χ4v) is 4.13. The Morgan fingerprint density at radius 2 is 2.38 bits per heavy atom. The van der Waals surface area contributed by atoms with Crippen molar-refractivity contribution in [2.45, 2.75) is 32.2 Å². The second-order valence-electron chi connectivity index (χ2n) is 3.97. The van der Waals surface area contributed by atoms with Crippen LogP contribution in [0.25, 0.3) is 0 Å². The van der Waals surface area contributed by atoms with E-state index < -0.39 is 9.84 Å². The number of aryl methyl sites for hydroxylation is 1. The molecule has 1 aliphatic heterocycles. The van der Waals surface area contributed by atoms with Crippen molar-refractivity contribution in [1.29, 1.82) is 0 Å². The summed E-state index contributed by atoms with van der Waals surface area (Å²) in [5.74, 6) is 1.35. The zero-order valence-corrected chi connectivity index (χ0v) is 10.8. The molecule has 1 aliphatic rings. The van der Waals surface area contributed by atoms with Crippen molar-refractivity contribution in [3.05, 3.63) is 5.82 Å². The van der Waals surface area contributed by atoms with Crippen molar-refractivity contribution in [3.8, 4) is 0 Å². The molecule has 0 bridgehead atoms. The Hall–Kier alpha value is -0.690. The Morgan fingerprint density at radius 3 is 3.00 bits per heavy atom. The van der Waals surface area contributed by atoms with Crippen LogP contribution in [-0.4, -0.2) is 35.3 Å². The Labute approximate surface area is 99.4 Å². The van der Waals surface area contributed by atoms with Crippen molar-refractivity contribution in [1.82, 2.24) is 9.36 Å². The normalized spacial score (nSPS) is 24.2. The smallest absolute Gasteiger partial charge is 0.202 e. The third-order valence-corrected chi connectivity index (χ3v) is 5.08. The summed E-state index contributed by atoms with van der Waals surface area (Å²) in [4.78, 5) is 4.27. The molecule has 1 atom stereocenters. The molecule has 0 radical (unpaired) electrons. The molecule has 2 heterocycles. The summed E-state index contributed by atoms with van der Waals surface area (Å²) in [6.07, 6.45) is 2.43. The van der Waals surface area contributed by atoms with E-state index in [0.29, 0.717) is 5.75 Å². The lowest BCUT2D eigenvalue weighted by Gasteiger charge is -2.22. The van der Waals surface area contributed by atoms with Gasteiger partial charge in [-0.2, -0.15) is 4.37 Å². The van der Waals surface area contributed by atoms with E-state index in [1.54, 1.807) is 0 Å². The van der Waals surface area contributed by atoms with Crippen molar-refractivity contribution in [2.75, 3.05) is 16.8 Å². The molecule has 0 saturated carbocycles. The highest BCUT2D eigenvalue weighted by Gasteiger charge is 2.25. The van der Waals surface area contributed by atoms with Crippen molar-refractivity contribution >= 4 is 26.5 Å². The van der Waals surface area contributed by atoms with Crippen molar-refractivity contribution < 1.29 is 8.42 Å². The van der Waals surface area contributed by atoms with Crippen LogP contribution in [0, 0.1) is 0 Å². The molecule has 1 saturated heterocycles. The zero-order valence-electron chi connectivity index (χ0n) is 9.14. The number of sulfone groups is 1. The van der Waals surface area contributed by atoms with Gasteiger partial charge in [0.1, 0.15) is 5.82 Å². The van der Waals surface area contributed by atoms with Gasteiger partial charge in [0, 0.05) is 24.0 Å². The molecule has 5 nitrogen and oxygen atoms in total. The lowest BCUT2D eigenvalue weighted by atomic mass is 10.2. The van der Waals surface area contributed by atoms with Crippen LogP contribution in [-0.2, 0) is 16.3 Å². The number of anilines is 1. The summed E-state index contributed by atoms with van der Waals surface area (Å²) in [5.41, 5.74) is 0. The standard InChI is InChI=1S/C9H15N3O2S2/c1-2-8-11-9(15-12-8)10-7-4-3-5-16(13,14)6-7/h7H,2-6H2,1H3,(H,10,11,12). The molecule has 90 valence electrons. The summed E-state index contributed by atoms with van der Waals surface area (Å²) in [5, 5.41) is 3.89. The maximum atomic E-state index is 11.4. The minimum Gasteiger partial charge on any atom is -0.357 e. The molecule has 16 heavy (non-hydrogen) atoms. The molecular weight excluding hydrogens is 246 g/mol. The highest BCUT2D eigenvalue weighted by Crippen LogP contribution is 2.18. The number of rotatable bonds is 3. The highest BCUT2D eigenvalue weighted by molar-refractivity contribution is 7.91. The minimum atomic E-state index is -2.86. The molecular formula is C9H15N3O2S2. The predicted octanol–water partition coefficient (Wildman–Crippen LogP) is 1.09.